The standard InChI is InChI=1S/C5H12N4O3/c6-8-4(10)2-1-3-12-5(11)9-7/h1-3,6-7H2,(H,8,10)(H,9,11). The number of hydrazine groups is 2. The largest absolute Gasteiger partial charge is 0.449 e. The van der Waals surface area contributed by atoms with E-state index in [0.29, 0.717) is 6.42 Å². The summed E-state index contributed by atoms with van der Waals surface area (Å²) in [6.07, 6.45) is -0.0895. The molecule has 0 radical (unpaired) electrons. The number of carbonyl (C=O) groups is 2. The topological polar surface area (TPSA) is 119 Å². The molecule has 2 amide bonds. The van der Waals surface area contributed by atoms with E-state index in [1.54, 1.807) is 5.43 Å². The summed E-state index contributed by atoms with van der Waals surface area (Å²) in [7, 11) is 0. The van der Waals surface area contributed by atoms with Gasteiger partial charge in [0.15, 0.2) is 0 Å². The normalized spacial score (nSPS) is 8.83. The Hall–Kier alpha value is -1.34. The molecule has 7 heteroatoms. The molecular weight excluding hydrogens is 164 g/mol. The van der Waals surface area contributed by atoms with E-state index in [9.17, 15) is 9.59 Å². The van der Waals surface area contributed by atoms with Crippen LogP contribution in [0.15, 0.2) is 0 Å². The molecule has 0 rings (SSSR count). The summed E-state index contributed by atoms with van der Waals surface area (Å²) < 4.78 is 4.49. The molecule has 0 unspecified atom stereocenters. The zero-order valence-electron chi connectivity index (χ0n) is 6.50. The summed E-state index contributed by atoms with van der Waals surface area (Å²) in [6.45, 7) is 0.135. The van der Waals surface area contributed by atoms with Crippen LogP contribution in [0, 0.1) is 0 Å². The highest BCUT2D eigenvalue weighted by atomic mass is 16.5. The van der Waals surface area contributed by atoms with Crippen LogP contribution >= 0.6 is 0 Å². The van der Waals surface area contributed by atoms with Gasteiger partial charge >= 0.3 is 6.09 Å². The van der Waals surface area contributed by atoms with Gasteiger partial charge in [0.2, 0.25) is 5.91 Å². The molecule has 70 valence electrons. The van der Waals surface area contributed by atoms with E-state index in [1.807, 2.05) is 5.43 Å². The maximum Gasteiger partial charge on any atom is 0.421 e. The Labute approximate surface area is 69.4 Å². The van der Waals surface area contributed by atoms with Gasteiger partial charge in [0.05, 0.1) is 6.61 Å². The molecule has 0 saturated carbocycles. The van der Waals surface area contributed by atoms with Gasteiger partial charge in [0.25, 0.3) is 0 Å². The van der Waals surface area contributed by atoms with Crippen LogP contribution in [0.4, 0.5) is 4.79 Å². The number of rotatable bonds is 4. The van der Waals surface area contributed by atoms with Crippen LogP contribution in [-0.4, -0.2) is 18.6 Å². The molecule has 0 saturated heterocycles. The average Bonchev–Trinajstić information content (AvgIpc) is 2.11. The third kappa shape index (κ3) is 5.45. The lowest BCUT2D eigenvalue weighted by Gasteiger charge is -2.02. The Morgan fingerprint density at radius 1 is 1.25 bits per heavy atom. The second-order valence-corrected chi connectivity index (χ2v) is 1.95. The molecule has 0 fully saturated rings. The van der Waals surface area contributed by atoms with Gasteiger partial charge in [-0.1, -0.05) is 0 Å². The van der Waals surface area contributed by atoms with Crippen LogP contribution in [0.3, 0.4) is 0 Å². The predicted molar refractivity (Wildman–Crippen MR) is 40.2 cm³/mol. The minimum absolute atomic E-state index is 0.135. The summed E-state index contributed by atoms with van der Waals surface area (Å²) in [5.74, 6) is 9.22. The van der Waals surface area contributed by atoms with E-state index in [2.05, 4.69) is 4.74 Å². The fourth-order valence-electron chi connectivity index (χ4n) is 0.511. The Kier molecular flexibility index (Phi) is 5.66. The fraction of sp³-hybridized carbons (Fsp3) is 0.600. The van der Waals surface area contributed by atoms with Gasteiger partial charge in [0, 0.05) is 6.42 Å². The van der Waals surface area contributed by atoms with Gasteiger partial charge in [-0.15, -0.1) is 0 Å². The van der Waals surface area contributed by atoms with Gasteiger partial charge in [-0.3, -0.25) is 15.6 Å². The van der Waals surface area contributed by atoms with Crippen LogP contribution in [0.25, 0.3) is 0 Å². The molecule has 6 N–H and O–H groups in total. The molecule has 7 nitrogen and oxygen atoms in total. The minimum Gasteiger partial charge on any atom is -0.449 e. The minimum atomic E-state index is -0.719. The van der Waals surface area contributed by atoms with Crippen molar-refractivity contribution < 1.29 is 14.3 Å². The van der Waals surface area contributed by atoms with Crippen molar-refractivity contribution in [2.75, 3.05) is 6.61 Å². The lowest BCUT2D eigenvalue weighted by molar-refractivity contribution is -0.121. The molecule has 0 spiro atoms. The van der Waals surface area contributed by atoms with Gasteiger partial charge < -0.3 is 4.74 Å². The molecule has 0 aliphatic rings. The highest BCUT2D eigenvalue weighted by Crippen LogP contribution is 1.89. The summed E-state index contributed by atoms with van der Waals surface area (Å²) in [4.78, 5) is 20.9. The molecule has 0 heterocycles. The maximum atomic E-state index is 10.5. The number of hydrogen-bond donors (Lipinski definition) is 4. The van der Waals surface area contributed by atoms with Gasteiger partial charge in [-0.05, 0) is 6.42 Å². The van der Waals surface area contributed by atoms with E-state index in [0.717, 1.165) is 0 Å². The monoisotopic (exact) mass is 176 g/mol. The smallest absolute Gasteiger partial charge is 0.421 e. The van der Waals surface area contributed by atoms with E-state index in [-0.39, 0.29) is 18.9 Å². The van der Waals surface area contributed by atoms with Gasteiger partial charge in [-0.25, -0.2) is 16.5 Å². The molecule has 0 bridgehead atoms. The van der Waals surface area contributed by atoms with E-state index in [4.69, 9.17) is 11.7 Å². The lowest BCUT2D eigenvalue weighted by atomic mass is 10.3. The van der Waals surface area contributed by atoms with Crippen molar-refractivity contribution in [2.24, 2.45) is 11.7 Å². The highest BCUT2D eigenvalue weighted by molar-refractivity contribution is 5.75. The number of nitrogens with two attached hydrogens (primary N) is 2. The molecule has 12 heavy (non-hydrogen) atoms. The number of amides is 2. The Morgan fingerprint density at radius 2 is 1.92 bits per heavy atom. The van der Waals surface area contributed by atoms with Crippen molar-refractivity contribution in [1.82, 2.24) is 10.9 Å². The summed E-state index contributed by atoms with van der Waals surface area (Å²) in [6, 6.07) is 0. The third-order valence-electron chi connectivity index (χ3n) is 1.06. The number of carbonyl (C=O) groups excluding carboxylic acids is 2. The van der Waals surface area contributed by atoms with Crippen molar-refractivity contribution in [3.05, 3.63) is 0 Å². The molecule has 0 aliphatic heterocycles. The van der Waals surface area contributed by atoms with E-state index < -0.39 is 6.09 Å². The predicted octanol–water partition coefficient (Wildman–Crippen LogP) is -1.64. The maximum absolute atomic E-state index is 10.5. The number of nitrogens with one attached hydrogen (secondary N) is 2. The first-order valence-electron chi connectivity index (χ1n) is 3.33. The SMILES string of the molecule is NNC(=O)CCCOC(=O)NN. The Morgan fingerprint density at radius 3 is 2.42 bits per heavy atom. The van der Waals surface area contributed by atoms with Crippen LogP contribution in [0.5, 0.6) is 0 Å². The zero-order valence-corrected chi connectivity index (χ0v) is 6.50. The molecule has 0 aliphatic carbocycles. The van der Waals surface area contributed by atoms with Crippen molar-refractivity contribution >= 4 is 12.0 Å². The van der Waals surface area contributed by atoms with Crippen LogP contribution in [0.2, 0.25) is 0 Å². The third-order valence-corrected chi connectivity index (χ3v) is 1.06. The molecule has 0 atom stereocenters. The quantitative estimate of drug-likeness (QED) is 0.177. The Balaban J connectivity index is 3.21. The van der Waals surface area contributed by atoms with Crippen LogP contribution in [-0.2, 0) is 9.53 Å². The van der Waals surface area contributed by atoms with E-state index in [1.165, 1.54) is 0 Å². The van der Waals surface area contributed by atoms with Crippen LogP contribution < -0.4 is 22.5 Å². The first-order chi connectivity index (χ1) is 5.70. The molecular formula is C5H12N4O3. The summed E-state index contributed by atoms with van der Waals surface area (Å²) in [5.41, 5.74) is 3.73. The zero-order chi connectivity index (χ0) is 9.40. The summed E-state index contributed by atoms with van der Waals surface area (Å²) in [5, 5.41) is 0. The van der Waals surface area contributed by atoms with Gasteiger partial charge in [-0.2, -0.15) is 0 Å². The van der Waals surface area contributed by atoms with Crippen molar-refractivity contribution in [2.45, 2.75) is 12.8 Å². The van der Waals surface area contributed by atoms with Crippen molar-refractivity contribution in [3.63, 3.8) is 0 Å². The van der Waals surface area contributed by atoms with Crippen molar-refractivity contribution in [3.8, 4) is 0 Å². The fourth-order valence-corrected chi connectivity index (χ4v) is 0.511. The van der Waals surface area contributed by atoms with E-state index >= 15 is 0 Å². The number of ether oxygens (including phenoxy) is 1. The van der Waals surface area contributed by atoms with Crippen molar-refractivity contribution in [1.29, 1.82) is 0 Å². The molecule has 0 aromatic rings. The number of hydrogen-bond acceptors (Lipinski definition) is 5. The Bertz CT molecular complexity index is 143. The second kappa shape index (κ2) is 6.38. The first-order valence-corrected chi connectivity index (χ1v) is 3.33. The molecule has 0 aromatic heterocycles. The lowest BCUT2D eigenvalue weighted by Crippen LogP contribution is -2.32. The molecule has 0 aromatic carbocycles. The second-order valence-electron chi connectivity index (χ2n) is 1.95. The highest BCUT2D eigenvalue weighted by Gasteiger charge is 2.00. The van der Waals surface area contributed by atoms with Crippen LogP contribution in [0.1, 0.15) is 12.8 Å². The summed E-state index contributed by atoms with van der Waals surface area (Å²) >= 11 is 0. The first kappa shape index (κ1) is 10.7. The average molecular weight is 176 g/mol. The van der Waals surface area contributed by atoms with Gasteiger partial charge in [0.1, 0.15) is 0 Å².